The van der Waals surface area contributed by atoms with E-state index in [0.717, 1.165) is 19.4 Å². The summed E-state index contributed by atoms with van der Waals surface area (Å²) in [6.45, 7) is 1.03. The van der Waals surface area contributed by atoms with E-state index in [9.17, 15) is 9.18 Å². The first-order valence-corrected chi connectivity index (χ1v) is 10.0. The largest absolute Gasteiger partial charge is 0.465 e. The van der Waals surface area contributed by atoms with E-state index >= 15 is 0 Å². The van der Waals surface area contributed by atoms with Crippen LogP contribution in [-0.4, -0.2) is 37.3 Å². The fraction of sp³-hybridized carbons (Fsp3) is 0.684. The fourth-order valence-corrected chi connectivity index (χ4v) is 4.54. The number of rotatable bonds is 4. The molecular formula is C19H26BrFN2O2. The van der Waals surface area contributed by atoms with E-state index < -0.39 is 12.1 Å². The van der Waals surface area contributed by atoms with Gasteiger partial charge < -0.3 is 9.64 Å². The lowest BCUT2D eigenvalue weighted by atomic mass is 9.79. The second kappa shape index (κ2) is 8.47. The maximum Gasteiger partial charge on any atom is 0.341 e. The molecule has 1 aliphatic heterocycles. The van der Waals surface area contributed by atoms with Gasteiger partial charge in [0.05, 0.1) is 13.7 Å². The Kier molecular flexibility index (Phi) is 6.31. The molecule has 0 N–H and O–H groups in total. The number of aromatic nitrogens is 1. The summed E-state index contributed by atoms with van der Waals surface area (Å²) in [4.78, 5) is 18.3. The van der Waals surface area contributed by atoms with E-state index in [4.69, 9.17) is 4.74 Å². The molecule has 3 rings (SSSR count). The summed E-state index contributed by atoms with van der Waals surface area (Å²) in [6, 6.07) is 1.69. The van der Waals surface area contributed by atoms with Crippen LogP contribution in [0.2, 0.25) is 0 Å². The third-order valence-corrected chi connectivity index (χ3v) is 6.01. The maximum atomic E-state index is 14.8. The lowest BCUT2D eigenvalue weighted by molar-refractivity contribution is 0.0600. The number of esters is 1. The minimum absolute atomic E-state index is 0.136. The normalized spacial score (nSPS) is 25.0. The number of carbonyl (C=O) groups excluding carboxylic acids is 1. The van der Waals surface area contributed by atoms with Gasteiger partial charge in [-0.3, -0.25) is 0 Å². The average molecular weight is 413 g/mol. The Hall–Kier alpha value is -1.17. The number of pyridine rings is 1. The van der Waals surface area contributed by atoms with E-state index in [1.807, 2.05) is 4.90 Å². The van der Waals surface area contributed by atoms with Crippen molar-refractivity contribution in [1.82, 2.24) is 4.98 Å². The summed E-state index contributed by atoms with van der Waals surface area (Å²) in [5.74, 6) is 0.911. The highest BCUT2D eigenvalue weighted by molar-refractivity contribution is 9.10. The molecule has 2 unspecified atom stereocenters. The molecule has 1 aliphatic carbocycles. The van der Waals surface area contributed by atoms with Gasteiger partial charge in [-0.15, -0.1) is 0 Å². The zero-order valence-electron chi connectivity index (χ0n) is 14.7. The third kappa shape index (κ3) is 4.52. The predicted octanol–water partition coefficient (Wildman–Crippen LogP) is 4.77. The number of hydrogen-bond donors (Lipinski definition) is 0. The standard InChI is InChI=1S/C19H26BrFN2O2/c1-25-19(24)16-10-15(20)11-22-18(16)23-8-7-14(17(21)12-23)9-13-5-3-2-4-6-13/h10-11,13-14,17H,2-9,12H2,1H3. The number of ether oxygens (including phenoxy) is 1. The highest BCUT2D eigenvalue weighted by Crippen LogP contribution is 2.35. The van der Waals surface area contributed by atoms with Gasteiger partial charge in [-0.05, 0) is 46.7 Å². The third-order valence-electron chi connectivity index (χ3n) is 5.58. The fourth-order valence-electron chi connectivity index (χ4n) is 4.21. The molecule has 1 aromatic heterocycles. The van der Waals surface area contributed by atoms with Gasteiger partial charge in [0.15, 0.2) is 0 Å². The van der Waals surface area contributed by atoms with Crippen LogP contribution in [0.15, 0.2) is 16.7 Å². The van der Waals surface area contributed by atoms with Crippen LogP contribution in [0.25, 0.3) is 0 Å². The molecule has 4 nitrogen and oxygen atoms in total. The van der Waals surface area contributed by atoms with E-state index in [0.29, 0.717) is 28.3 Å². The topological polar surface area (TPSA) is 42.4 Å². The highest BCUT2D eigenvalue weighted by Gasteiger charge is 2.33. The first-order chi connectivity index (χ1) is 12.1. The van der Waals surface area contributed by atoms with E-state index in [1.165, 1.54) is 39.2 Å². The van der Waals surface area contributed by atoms with Crippen LogP contribution in [-0.2, 0) is 4.74 Å². The van der Waals surface area contributed by atoms with Crippen molar-refractivity contribution in [3.8, 4) is 0 Å². The van der Waals surface area contributed by atoms with Crippen molar-refractivity contribution in [2.45, 2.75) is 51.1 Å². The van der Waals surface area contributed by atoms with Gasteiger partial charge in [0, 0.05) is 17.2 Å². The number of nitrogens with zero attached hydrogens (tertiary/aromatic N) is 2. The minimum atomic E-state index is -0.869. The van der Waals surface area contributed by atoms with Crippen molar-refractivity contribution in [2.75, 3.05) is 25.1 Å². The average Bonchev–Trinajstić information content (AvgIpc) is 2.63. The smallest absolute Gasteiger partial charge is 0.341 e. The van der Waals surface area contributed by atoms with Gasteiger partial charge in [0.25, 0.3) is 0 Å². The monoisotopic (exact) mass is 412 g/mol. The number of piperidine rings is 1. The van der Waals surface area contributed by atoms with Crippen LogP contribution in [0.5, 0.6) is 0 Å². The van der Waals surface area contributed by atoms with E-state index in [1.54, 1.807) is 12.3 Å². The number of hydrogen-bond acceptors (Lipinski definition) is 4. The number of carbonyl (C=O) groups is 1. The summed E-state index contributed by atoms with van der Waals surface area (Å²) < 4.78 is 20.4. The minimum Gasteiger partial charge on any atom is -0.465 e. The van der Waals surface area contributed by atoms with Gasteiger partial charge in [0.1, 0.15) is 17.6 Å². The van der Waals surface area contributed by atoms with Crippen molar-refractivity contribution in [3.05, 3.63) is 22.3 Å². The van der Waals surface area contributed by atoms with Crippen LogP contribution in [0, 0.1) is 11.8 Å². The maximum absolute atomic E-state index is 14.8. The van der Waals surface area contributed by atoms with Crippen LogP contribution in [0.4, 0.5) is 10.2 Å². The molecule has 2 fully saturated rings. The van der Waals surface area contributed by atoms with Gasteiger partial charge in [-0.25, -0.2) is 14.2 Å². The van der Waals surface area contributed by atoms with Gasteiger partial charge >= 0.3 is 5.97 Å². The summed E-state index contributed by atoms with van der Waals surface area (Å²) in [6.07, 6.45) is 9.04. The highest BCUT2D eigenvalue weighted by atomic mass is 79.9. The molecule has 0 aromatic carbocycles. The van der Waals surface area contributed by atoms with Crippen molar-refractivity contribution >= 4 is 27.7 Å². The summed E-state index contributed by atoms with van der Waals surface area (Å²) >= 11 is 3.33. The molecule has 0 radical (unpaired) electrons. The molecule has 138 valence electrons. The van der Waals surface area contributed by atoms with E-state index in [-0.39, 0.29) is 5.92 Å². The van der Waals surface area contributed by atoms with Gasteiger partial charge in [-0.2, -0.15) is 0 Å². The van der Waals surface area contributed by atoms with Crippen molar-refractivity contribution in [1.29, 1.82) is 0 Å². The van der Waals surface area contributed by atoms with Crippen molar-refractivity contribution < 1.29 is 13.9 Å². The lowest BCUT2D eigenvalue weighted by Gasteiger charge is -2.38. The molecule has 6 heteroatoms. The first-order valence-electron chi connectivity index (χ1n) is 9.21. The van der Waals surface area contributed by atoms with Crippen LogP contribution >= 0.6 is 15.9 Å². The zero-order chi connectivity index (χ0) is 17.8. The molecule has 2 heterocycles. The summed E-state index contributed by atoms with van der Waals surface area (Å²) in [5, 5.41) is 0. The van der Waals surface area contributed by atoms with Gasteiger partial charge in [-0.1, -0.05) is 32.1 Å². The number of alkyl halides is 1. The molecular weight excluding hydrogens is 387 g/mol. The molecule has 0 bridgehead atoms. The van der Waals surface area contributed by atoms with Crippen LogP contribution < -0.4 is 4.90 Å². The molecule has 2 atom stereocenters. The Morgan fingerprint density at radius 3 is 2.80 bits per heavy atom. The quantitative estimate of drug-likeness (QED) is 0.668. The number of anilines is 1. The van der Waals surface area contributed by atoms with E-state index in [2.05, 4.69) is 20.9 Å². The SMILES string of the molecule is COC(=O)c1cc(Br)cnc1N1CCC(CC2CCCCC2)C(F)C1. The second-order valence-electron chi connectivity index (χ2n) is 7.27. The first kappa shape index (κ1) is 18.6. The molecule has 0 amide bonds. The molecule has 1 saturated carbocycles. The van der Waals surface area contributed by atoms with Crippen molar-refractivity contribution in [2.24, 2.45) is 11.8 Å². The predicted molar refractivity (Wildman–Crippen MR) is 99.7 cm³/mol. The summed E-state index contributed by atoms with van der Waals surface area (Å²) in [7, 11) is 1.35. The Balaban J connectivity index is 1.67. The van der Waals surface area contributed by atoms with Crippen LogP contribution in [0.1, 0.15) is 55.3 Å². The second-order valence-corrected chi connectivity index (χ2v) is 8.18. The summed E-state index contributed by atoms with van der Waals surface area (Å²) in [5.41, 5.74) is 0.384. The Labute approximate surface area is 157 Å². The van der Waals surface area contributed by atoms with Crippen molar-refractivity contribution in [3.63, 3.8) is 0 Å². The molecule has 1 aromatic rings. The lowest BCUT2D eigenvalue weighted by Crippen LogP contribution is -2.43. The zero-order valence-corrected chi connectivity index (χ0v) is 16.3. The Morgan fingerprint density at radius 2 is 2.12 bits per heavy atom. The molecule has 1 saturated heterocycles. The molecule has 2 aliphatic rings. The Morgan fingerprint density at radius 1 is 1.36 bits per heavy atom. The molecule has 25 heavy (non-hydrogen) atoms. The van der Waals surface area contributed by atoms with Gasteiger partial charge in [0.2, 0.25) is 0 Å². The molecule has 0 spiro atoms. The Bertz CT molecular complexity index is 607. The number of halogens is 2. The number of methoxy groups -OCH3 is 1. The van der Waals surface area contributed by atoms with Crippen LogP contribution in [0.3, 0.4) is 0 Å².